The molecular formula is C16H25N3O. The molecule has 0 radical (unpaired) electrons. The molecule has 0 bridgehead atoms. The van der Waals surface area contributed by atoms with Gasteiger partial charge in [-0.1, -0.05) is 19.1 Å². The first-order valence-corrected chi connectivity index (χ1v) is 7.43. The van der Waals surface area contributed by atoms with Crippen molar-refractivity contribution >= 4 is 11.6 Å². The van der Waals surface area contributed by atoms with Gasteiger partial charge in [-0.2, -0.15) is 0 Å². The fourth-order valence-corrected chi connectivity index (χ4v) is 2.94. The number of amides is 1. The lowest BCUT2D eigenvalue weighted by atomic mass is 9.89. The molecule has 0 aliphatic carbocycles. The van der Waals surface area contributed by atoms with Gasteiger partial charge in [-0.25, -0.2) is 0 Å². The van der Waals surface area contributed by atoms with Gasteiger partial charge >= 0.3 is 0 Å². The molecule has 0 spiro atoms. The Balaban J connectivity index is 2.19. The fraction of sp³-hybridized carbons (Fsp3) is 0.562. The number of nitrogens with zero attached hydrogens (tertiary/aromatic N) is 1. The van der Waals surface area contributed by atoms with Gasteiger partial charge in [-0.3, -0.25) is 4.79 Å². The Morgan fingerprint density at radius 1 is 1.40 bits per heavy atom. The number of likely N-dealkylation sites (tertiary alicyclic amines) is 1. The molecule has 110 valence electrons. The third-order valence-corrected chi connectivity index (χ3v) is 4.25. The van der Waals surface area contributed by atoms with E-state index < -0.39 is 5.54 Å². The van der Waals surface area contributed by atoms with Gasteiger partial charge in [0.1, 0.15) is 5.54 Å². The molecule has 0 aromatic heterocycles. The van der Waals surface area contributed by atoms with E-state index in [2.05, 4.69) is 23.2 Å². The summed E-state index contributed by atoms with van der Waals surface area (Å²) in [5.41, 5.74) is 7.27. The highest BCUT2D eigenvalue weighted by Gasteiger charge is 2.37. The molecule has 1 heterocycles. The summed E-state index contributed by atoms with van der Waals surface area (Å²) < 4.78 is 0. The zero-order valence-corrected chi connectivity index (χ0v) is 12.5. The van der Waals surface area contributed by atoms with Crippen molar-refractivity contribution in [1.29, 1.82) is 0 Å². The topological polar surface area (TPSA) is 58.4 Å². The minimum atomic E-state index is -0.613. The molecule has 1 aromatic rings. The van der Waals surface area contributed by atoms with Gasteiger partial charge in [0.15, 0.2) is 0 Å². The van der Waals surface area contributed by atoms with Crippen LogP contribution in [0.1, 0.15) is 31.7 Å². The van der Waals surface area contributed by atoms with Gasteiger partial charge in [-0.15, -0.1) is 0 Å². The van der Waals surface area contributed by atoms with Crippen LogP contribution in [0.2, 0.25) is 0 Å². The van der Waals surface area contributed by atoms with Crippen molar-refractivity contribution in [2.75, 3.05) is 25.0 Å². The molecule has 2 rings (SSSR count). The van der Waals surface area contributed by atoms with Crippen molar-refractivity contribution < 1.29 is 4.79 Å². The number of hydrogen-bond donors (Lipinski definition) is 2. The minimum Gasteiger partial charge on any atom is -0.371 e. The van der Waals surface area contributed by atoms with Crippen molar-refractivity contribution in [1.82, 2.24) is 4.90 Å². The van der Waals surface area contributed by atoms with E-state index >= 15 is 0 Å². The first-order valence-electron chi connectivity index (χ1n) is 7.43. The summed E-state index contributed by atoms with van der Waals surface area (Å²) >= 11 is 0. The maximum atomic E-state index is 12.1. The second-order valence-corrected chi connectivity index (χ2v) is 5.73. The van der Waals surface area contributed by atoms with E-state index in [-0.39, 0.29) is 5.91 Å². The van der Waals surface area contributed by atoms with Crippen molar-refractivity contribution in [3.63, 3.8) is 0 Å². The van der Waals surface area contributed by atoms with Crippen LogP contribution in [0.4, 0.5) is 5.69 Å². The maximum absolute atomic E-state index is 12.1. The number of nitrogens with one attached hydrogen (secondary N) is 1. The molecule has 1 saturated heterocycles. The van der Waals surface area contributed by atoms with Crippen molar-refractivity contribution in [2.45, 2.75) is 38.6 Å². The first kappa shape index (κ1) is 14.9. The summed E-state index contributed by atoms with van der Waals surface area (Å²) in [5.74, 6) is -0.239. The fourth-order valence-electron chi connectivity index (χ4n) is 2.94. The number of rotatable bonds is 4. The molecule has 4 nitrogen and oxygen atoms in total. The zero-order valence-electron chi connectivity index (χ0n) is 12.5. The monoisotopic (exact) mass is 275 g/mol. The van der Waals surface area contributed by atoms with E-state index in [9.17, 15) is 4.79 Å². The van der Waals surface area contributed by atoms with E-state index in [1.165, 1.54) is 5.56 Å². The lowest BCUT2D eigenvalue weighted by Gasteiger charge is -2.32. The van der Waals surface area contributed by atoms with Crippen LogP contribution in [0.25, 0.3) is 0 Å². The Bertz CT molecular complexity index is 475. The Hall–Kier alpha value is -1.55. The number of carbonyl (C=O) groups is 1. The highest BCUT2D eigenvalue weighted by molar-refractivity contribution is 5.88. The number of nitrogens with two attached hydrogens (primary N) is 1. The second-order valence-electron chi connectivity index (χ2n) is 5.73. The third kappa shape index (κ3) is 3.31. The Morgan fingerprint density at radius 2 is 2.20 bits per heavy atom. The summed E-state index contributed by atoms with van der Waals surface area (Å²) in [6, 6.07) is 8.11. The molecular weight excluding hydrogens is 250 g/mol. The summed E-state index contributed by atoms with van der Waals surface area (Å²) in [6.45, 7) is 7.19. The average Bonchev–Trinajstić information content (AvgIpc) is 2.62. The van der Waals surface area contributed by atoms with Gasteiger partial charge in [0.25, 0.3) is 0 Å². The smallest absolute Gasteiger partial charge is 0.243 e. The highest BCUT2D eigenvalue weighted by atomic mass is 16.1. The van der Waals surface area contributed by atoms with Crippen LogP contribution in [0.15, 0.2) is 24.3 Å². The molecule has 1 atom stereocenters. The van der Waals surface area contributed by atoms with Crippen molar-refractivity contribution in [3.05, 3.63) is 29.8 Å². The highest BCUT2D eigenvalue weighted by Crippen LogP contribution is 2.27. The number of carbonyl (C=O) groups excluding carboxylic acids is 1. The molecule has 1 amide bonds. The standard InChI is InChI=1S/C16H25N3O/c1-3-19-10-5-8-16(9-11-19,15(17)20)18-14-7-4-6-13(2)12-14/h4,6-7,12,18H,3,5,8-11H2,1-2H3,(H2,17,20). The van der Waals surface area contributed by atoms with Crippen LogP contribution in [0, 0.1) is 6.92 Å². The SMILES string of the molecule is CCN1CCCC(Nc2cccc(C)c2)(C(N)=O)CC1. The third-order valence-electron chi connectivity index (χ3n) is 4.25. The van der Waals surface area contributed by atoms with Crippen LogP contribution in [0.3, 0.4) is 0 Å². The number of benzene rings is 1. The lowest BCUT2D eigenvalue weighted by Crippen LogP contribution is -2.51. The predicted octanol–water partition coefficient (Wildman–Crippen LogP) is 2.14. The average molecular weight is 275 g/mol. The Kier molecular flexibility index (Phi) is 4.65. The van der Waals surface area contributed by atoms with Gasteiger partial charge < -0.3 is 16.0 Å². The van der Waals surface area contributed by atoms with Crippen LogP contribution in [0.5, 0.6) is 0 Å². The summed E-state index contributed by atoms with van der Waals surface area (Å²) in [4.78, 5) is 14.4. The molecule has 1 aliphatic heterocycles. The molecule has 1 aromatic carbocycles. The number of aryl methyl sites for hydroxylation is 1. The number of primary amides is 1. The van der Waals surface area contributed by atoms with Gasteiger partial charge in [0.05, 0.1) is 0 Å². The van der Waals surface area contributed by atoms with Crippen LogP contribution < -0.4 is 11.1 Å². The molecule has 3 N–H and O–H groups in total. The largest absolute Gasteiger partial charge is 0.371 e. The van der Waals surface area contributed by atoms with Gasteiger partial charge in [0.2, 0.25) is 5.91 Å². The van der Waals surface area contributed by atoms with E-state index in [4.69, 9.17) is 5.73 Å². The first-order chi connectivity index (χ1) is 9.55. The number of hydrogen-bond acceptors (Lipinski definition) is 3. The van der Waals surface area contributed by atoms with Crippen molar-refractivity contribution in [3.8, 4) is 0 Å². The molecule has 0 saturated carbocycles. The van der Waals surface area contributed by atoms with E-state index in [0.29, 0.717) is 0 Å². The molecule has 4 heteroatoms. The van der Waals surface area contributed by atoms with Crippen LogP contribution >= 0.6 is 0 Å². The zero-order chi connectivity index (χ0) is 14.6. The Labute approximate surface area is 121 Å². The second kappa shape index (κ2) is 6.27. The lowest BCUT2D eigenvalue weighted by molar-refractivity contribution is -0.122. The van der Waals surface area contributed by atoms with Gasteiger partial charge in [-0.05, 0) is 57.0 Å². The quantitative estimate of drug-likeness (QED) is 0.885. The summed E-state index contributed by atoms with van der Waals surface area (Å²) in [6.07, 6.45) is 2.56. The normalized spacial score (nSPS) is 24.1. The molecule has 1 aliphatic rings. The summed E-state index contributed by atoms with van der Waals surface area (Å²) in [7, 11) is 0. The van der Waals surface area contributed by atoms with Crippen LogP contribution in [-0.2, 0) is 4.79 Å². The number of anilines is 1. The molecule has 1 fully saturated rings. The molecule has 20 heavy (non-hydrogen) atoms. The van der Waals surface area contributed by atoms with E-state index in [1.807, 2.05) is 25.1 Å². The predicted molar refractivity (Wildman–Crippen MR) is 82.7 cm³/mol. The maximum Gasteiger partial charge on any atom is 0.243 e. The van der Waals surface area contributed by atoms with E-state index in [1.54, 1.807) is 0 Å². The van der Waals surface area contributed by atoms with Gasteiger partial charge in [0, 0.05) is 12.2 Å². The molecule has 1 unspecified atom stereocenters. The van der Waals surface area contributed by atoms with E-state index in [0.717, 1.165) is 44.6 Å². The summed E-state index contributed by atoms with van der Waals surface area (Å²) in [5, 5.41) is 3.42. The minimum absolute atomic E-state index is 0.239. The van der Waals surface area contributed by atoms with Crippen molar-refractivity contribution in [2.24, 2.45) is 5.73 Å². The van der Waals surface area contributed by atoms with Crippen LogP contribution in [-0.4, -0.2) is 36.0 Å². The Morgan fingerprint density at radius 3 is 2.85 bits per heavy atom.